The van der Waals surface area contributed by atoms with Crippen LogP contribution < -0.4 is 5.32 Å². The number of halogens is 1. The molecule has 1 aliphatic rings. The highest BCUT2D eigenvalue weighted by Crippen LogP contribution is 2.17. The van der Waals surface area contributed by atoms with Crippen LogP contribution in [0.25, 0.3) is 0 Å². The number of likely N-dealkylation sites (N-methyl/N-ethyl adjacent to an activating group) is 2. The van der Waals surface area contributed by atoms with Gasteiger partial charge in [0.25, 0.3) is 0 Å². The largest absolute Gasteiger partial charge is 0.357 e. The van der Waals surface area contributed by atoms with E-state index in [1.807, 2.05) is 6.20 Å². The minimum Gasteiger partial charge on any atom is -0.357 e. The van der Waals surface area contributed by atoms with E-state index in [2.05, 4.69) is 47.9 Å². The summed E-state index contributed by atoms with van der Waals surface area (Å²) in [6.07, 6.45) is 5.49. The van der Waals surface area contributed by atoms with Gasteiger partial charge in [0, 0.05) is 50.2 Å². The summed E-state index contributed by atoms with van der Waals surface area (Å²) in [5, 5.41) is 4.60. The second-order valence-corrected chi connectivity index (χ2v) is 7.47. The molecule has 0 saturated carbocycles. The van der Waals surface area contributed by atoms with Crippen molar-refractivity contribution in [3.63, 3.8) is 0 Å². The molecule has 1 unspecified atom stereocenters. The Balaban J connectivity index is 0.00000288. The van der Waals surface area contributed by atoms with Gasteiger partial charge in [0.2, 0.25) is 0 Å². The predicted octanol–water partition coefficient (Wildman–Crippen LogP) is 2.99. The van der Waals surface area contributed by atoms with Crippen LogP contribution in [0, 0.1) is 6.92 Å². The van der Waals surface area contributed by atoms with Crippen LogP contribution in [-0.2, 0) is 6.42 Å². The molecule has 0 aromatic carbocycles. The van der Waals surface area contributed by atoms with Crippen molar-refractivity contribution in [3.05, 3.63) is 16.1 Å². The topological polar surface area (TPSA) is 43.8 Å². The SMILES string of the molecule is CCNC(=NCCc1ncc(C)s1)N(C)CC1CCCN1CC.I. The predicted molar refractivity (Wildman–Crippen MR) is 115 cm³/mol. The lowest BCUT2D eigenvalue weighted by Crippen LogP contribution is -2.46. The highest BCUT2D eigenvalue weighted by Gasteiger charge is 2.24. The van der Waals surface area contributed by atoms with Crippen molar-refractivity contribution in [1.82, 2.24) is 20.1 Å². The molecule has 2 rings (SSSR count). The zero-order chi connectivity index (χ0) is 16.7. The third-order valence-corrected chi connectivity index (χ3v) is 5.32. The summed E-state index contributed by atoms with van der Waals surface area (Å²) in [6, 6.07) is 0.662. The Morgan fingerprint density at radius 1 is 1.50 bits per heavy atom. The van der Waals surface area contributed by atoms with Gasteiger partial charge in [-0.05, 0) is 39.8 Å². The van der Waals surface area contributed by atoms with Crippen molar-refractivity contribution < 1.29 is 0 Å². The van der Waals surface area contributed by atoms with Gasteiger partial charge < -0.3 is 10.2 Å². The van der Waals surface area contributed by atoms with Crippen LogP contribution >= 0.6 is 35.3 Å². The van der Waals surface area contributed by atoms with Crippen molar-refractivity contribution in [2.45, 2.75) is 46.1 Å². The Bertz CT molecular complexity index is 505. The lowest BCUT2D eigenvalue weighted by Gasteiger charge is -2.29. The number of hydrogen-bond acceptors (Lipinski definition) is 4. The summed E-state index contributed by atoms with van der Waals surface area (Å²) in [5.41, 5.74) is 0. The van der Waals surface area contributed by atoms with Crippen molar-refractivity contribution >= 4 is 41.3 Å². The Morgan fingerprint density at radius 2 is 2.29 bits per heavy atom. The summed E-state index contributed by atoms with van der Waals surface area (Å²) >= 11 is 1.77. The van der Waals surface area contributed by atoms with Gasteiger partial charge in [-0.15, -0.1) is 35.3 Å². The minimum absolute atomic E-state index is 0. The molecule has 1 aromatic rings. The highest BCUT2D eigenvalue weighted by atomic mass is 127. The fourth-order valence-electron chi connectivity index (χ4n) is 3.16. The van der Waals surface area contributed by atoms with E-state index in [9.17, 15) is 0 Å². The van der Waals surface area contributed by atoms with E-state index < -0.39 is 0 Å². The van der Waals surface area contributed by atoms with E-state index in [-0.39, 0.29) is 24.0 Å². The van der Waals surface area contributed by atoms with Gasteiger partial charge in [-0.2, -0.15) is 0 Å². The Morgan fingerprint density at radius 3 is 2.92 bits per heavy atom. The molecule has 2 heterocycles. The first kappa shape index (κ1) is 21.6. The fraction of sp³-hybridized carbons (Fsp3) is 0.765. The minimum atomic E-state index is 0. The molecule has 1 fully saturated rings. The maximum atomic E-state index is 4.79. The van der Waals surface area contributed by atoms with E-state index >= 15 is 0 Å². The summed E-state index contributed by atoms with van der Waals surface area (Å²) in [7, 11) is 2.15. The van der Waals surface area contributed by atoms with E-state index in [0.29, 0.717) is 6.04 Å². The van der Waals surface area contributed by atoms with Gasteiger partial charge >= 0.3 is 0 Å². The molecule has 24 heavy (non-hydrogen) atoms. The normalized spacial score (nSPS) is 18.5. The molecule has 1 N–H and O–H groups in total. The van der Waals surface area contributed by atoms with Crippen LogP contribution in [0.3, 0.4) is 0 Å². The number of nitrogens with one attached hydrogen (secondary N) is 1. The molecule has 1 atom stereocenters. The average molecular weight is 465 g/mol. The van der Waals surface area contributed by atoms with Crippen LogP contribution in [0.15, 0.2) is 11.2 Å². The van der Waals surface area contributed by atoms with Crippen LogP contribution in [0.5, 0.6) is 0 Å². The van der Waals surface area contributed by atoms with Gasteiger partial charge in [0.1, 0.15) is 0 Å². The first-order valence-electron chi connectivity index (χ1n) is 8.78. The number of aryl methyl sites for hydroxylation is 1. The van der Waals surface area contributed by atoms with Crippen molar-refractivity contribution in [3.8, 4) is 0 Å². The second kappa shape index (κ2) is 11.3. The summed E-state index contributed by atoms with van der Waals surface area (Å²) < 4.78 is 0. The Hall–Kier alpha value is -0.410. The van der Waals surface area contributed by atoms with Gasteiger partial charge in [0.05, 0.1) is 5.01 Å². The molecule has 138 valence electrons. The molecule has 1 aromatic heterocycles. The number of hydrogen-bond donors (Lipinski definition) is 1. The molecular weight excluding hydrogens is 433 g/mol. The molecule has 0 amide bonds. The number of nitrogens with zero attached hydrogens (tertiary/aromatic N) is 4. The summed E-state index contributed by atoms with van der Waals surface area (Å²) in [5.74, 6) is 1.02. The third kappa shape index (κ3) is 6.48. The van der Waals surface area contributed by atoms with Crippen molar-refractivity contribution in [2.24, 2.45) is 4.99 Å². The van der Waals surface area contributed by atoms with Crippen LogP contribution in [-0.4, -0.2) is 66.6 Å². The van der Waals surface area contributed by atoms with E-state index in [1.54, 1.807) is 11.3 Å². The molecule has 5 nitrogen and oxygen atoms in total. The second-order valence-electron chi connectivity index (χ2n) is 6.16. The molecule has 0 aliphatic carbocycles. The van der Waals surface area contributed by atoms with Crippen molar-refractivity contribution in [2.75, 3.05) is 39.8 Å². The number of aromatic nitrogens is 1. The molecule has 1 aliphatic heterocycles. The van der Waals surface area contributed by atoms with E-state index in [0.717, 1.165) is 38.6 Å². The lowest BCUT2D eigenvalue weighted by atomic mass is 10.2. The molecule has 7 heteroatoms. The van der Waals surface area contributed by atoms with E-state index in [4.69, 9.17) is 4.99 Å². The Kier molecular flexibility index (Phi) is 10.1. The average Bonchev–Trinajstić information content (AvgIpc) is 3.15. The third-order valence-electron chi connectivity index (χ3n) is 4.34. The quantitative estimate of drug-likeness (QED) is 0.382. The maximum absolute atomic E-state index is 4.79. The van der Waals surface area contributed by atoms with Gasteiger partial charge in [-0.25, -0.2) is 4.98 Å². The molecule has 1 saturated heterocycles. The van der Waals surface area contributed by atoms with Gasteiger partial charge in [-0.3, -0.25) is 9.89 Å². The standard InChI is InChI=1S/C17H31N5S.HI/c1-5-18-17(19-10-9-16-20-12-14(3)23-16)21(4)13-15-8-7-11-22(15)6-2;/h12,15H,5-11,13H2,1-4H3,(H,18,19);1H. The van der Waals surface area contributed by atoms with Crippen LogP contribution in [0.2, 0.25) is 0 Å². The van der Waals surface area contributed by atoms with Crippen LogP contribution in [0.4, 0.5) is 0 Å². The number of likely N-dealkylation sites (tertiary alicyclic amines) is 1. The number of aliphatic imine (C=N–C) groups is 1. The molecule has 0 spiro atoms. The molecule has 0 bridgehead atoms. The number of guanidine groups is 1. The lowest BCUT2D eigenvalue weighted by molar-refractivity contribution is 0.232. The van der Waals surface area contributed by atoms with Crippen LogP contribution in [0.1, 0.15) is 36.6 Å². The van der Waals surface area contributed by atoms with Gasteiger partial charge in [-0.1, -0.05) is 6.92 Å². The molecule has 0 radical (unpaired) electrons. The molecular formula is C17H32IN5S. The Labute approximate surface area is 168 Å². The van der Waals surface area contributed by atoms with Gasteiger partial charge in [0.15, 0.2) is 5.96 Å². The van der Waals surface area contributed by atoms with Crippen molar-refractivity contribution in [1.29, 1.82) is 0 Å². The van der Waals surface area contributed by atoms with E-state index in [1.165, 1.54) is 29.3 Å². The zero-order valence-electron chi connectivity index (χ0n) is 15.4. The first-order chi connectivity index (χ1) is 11.1. The smallest absolute Gasteiger partial charge is 0.193 e. The maximum Gasteiger partial charge on any atom is 0.193 e. The number of rotatable bonds is 7. The zero-order valence-corrected chi connectivity index (χ0v) is 18.6. The number of thiazole rings is 1. The monoisotopic (exact) mass is 465 g/mol. The summed E-state index contributed by atoms with van der Waals surface area (Å²) in [6.45, 7) is 11.6. The fourth-order valence-corrected chi connectivity index (χ4v) is 3.94. The first-order valence-corrected chi connectivity index (χ1v) is 9.60. The summed E-state index contributed by atoms with van der Waals surface area (Å²) in [4.78, 5) is 15.3. The highest BCUT2D eigenvalue weighted by molar-refractivity contribution is 14.0.